The zero-order chi connectivity index (χ0) is 14.0. The van der Waals surface area contributed by atoms with Gasteiger partial charge in [-0.1, -0.05) is 11.6 Å². The van der Waals surface area contributed by atoms with Gasteiger partial charge in [0, 0.05) is 29.1 Å². The van der Waals surface area contributed by atoms with E-state index in [9.17, 15) is 4.79 Å². The molecule has 0 aliphatic rings. The van der Waals surface area contributed by atoms with Crippen molar-refractivity contribution in [2.45, 2.75) is 19.9 Å². The topological polar surface area (TPSA) is 59.8 Å². The van der Waals surface area contributed by atoms with Crippen LogP contribution in [0.3, 0.4) is 0 Å². The molecule has 19 heavy (non-hydrogen) atoms. The van der Waals surface area contributed by atoms with Crippen molar-refractivity contribution < 1.29 is 4.79 Å². The Morgan fingerprint density at radius 1 is 1.42 bits per heavy atom. The number of anilines is 1. The lowest BCUT2D eigenvalue weighted by atomic mass is 10.3. The highest BCUT2D eigenvalue weighted by Crippen LogP contribution is 2.21. The van der Waals surface area contributed by atoms with Crippen LogP contribution in [0.4, 0.5) is 5.82 Å². The predicted molar refractivity (Wildman–Crippen MR) is 77.5 cm³/mol. The fourth-order valence-corrected chi connectivity index (χ4v) is 2.22. The quantitative estimate of drug-likeness (QED) is 0.927. The Hall–Kier alpha value is -1.40. The molecule has 2 aromatic rings. The third-order valence-corrected chi connectivity index (χ3v) is 3.20. The second-order valence-corrected chi connectivity index (χ2v) is 5.47. The third-order valence-electron chi connectivity index (χ3n) is 2.49. The van der Waals surface area contributed by atoms with Crippen LogP contribution < -0.4 is 5.32 Å². The molecule has 0 atom stereocenters. The van der Waals surface area contributed by atoms with Crippen molar-refractivity contribution in [3.63, 3.8) is 0 Å². The molecule has 0 aliphatic heterocycles. The van der Waals surface area contributed by atoms with E-state index in [4.69, 9.17) is 11.6 Å². The molecule has 2 rings (SSSR count). The van der Waals surface area contributed by atoms with Crippen LogP contribution in [-0.4, -0.2) is 20.4 Å². The lowest BCUT2D eigenvalue weighted by Gasteiger charge is -2.12. The molecular formula is C12H12BrClN4O. The monoisotopic (exact) mass is 342 g/mol. The van der Waals surface area contributed by atoms with Crippen LogP contribution in [-0.2, 0) is 0 Å². The largest absolute Gasteiger partial charge is 0.340 e. The summed E-state index contributed by atoms with van der Waals surface area (Å²) in [5.41, 5.74) is 0.531. The molecule has 1 amide bonds. The number of hydrogen-bond donors (Lipinski definition) is 1. The molecule has 2 heterocycles. The van der Waals surface area contributed by atoms with Gasteiger partial charge >= 0.3 is 0 Å². The predicted octanol–water partition coefficient (Wildman–Crippen LogP) is 3.53. The van der Waals surface area contributed by atoms with Crippen molar-refractivity contribution in [3.8, 4) is 0 Å². The smallest absolute Gasteiger partial charge is 0.273 e. The fourth-order valence-electron chi connectivity index (χ4n) is 1.63. The number of nitrogens with one attached hydrogen (secondary N) is 1. The Bertz CT molecular complexity index is 612. The Morgan fingerprint density at radius 3 is 2.74 bits per heavy atom. The van der Waals surface area contributed by atoms with Gasteiger partial charge in [0.1, 0.15) is 5.69 Å². The van der Waals surface area contributed by atoms with Gasteiger partial charge in [0.15, 0.2) is 11.0 Å². The maximum absolute atomic E-state index is 12.2. The number of hydrogen-bond acceptors (Lipinski definition) is 3. The molecule has 0 fully saturated rings. The minimum Gasteiger partial charge on any atom is -0.340 e. The molecule has 0 aromatic carbocycles. The molecule has 5 nitrogen and oxygen atoms in total. The van der Waals surface area contributed by atoms with E-state index in [0.29, 0.717) is 5.69 Å². The number of halogens is 2. The Morgan fingerprint density at radius 2 is 2.11 bits per heavy atom. The molecule has 0 unspecified atom stereocenters. The van der Waals surface area contributed by atoms with Crippen molar-refractivity contribution >= 4 is 39.3 Å². The number of carbonyl (C=O) groups excluding carboxylic acids is 1. The lowest BCUT2D eigenvalue weighted by Crippen LogP contribution is -2.18. The van der Waals surface area contributed by atoms with Gasteiger partial charge in [-0.05, 0) is 35.8 Å². The molecular weight excluding hydrogens is 332 g/mol. The van der Waals surface area contributed by atoms with Crippen LogP contribution in [0.1, 0.15) is 30.4 Å². The van der Waals surface area contributed by atoms with E-state index in [1.54, 1.807) is 6.07 Å². The summed E-state index contributed by atoms with van der Waals surface area (Å²) < 4.78 is 2.71. The first-order valence-electron chi connectivity index (χ1n) is 5.64. The van der Waals surface area contributed by atoms with Crippen molar-refractivity contribution in [1.82, 2.24) is 14.5 Å². The zero-order valence-electron chi connectivity index (χ0n) is 10.4. The van der Waals surface area contributed by atoms with Crippen molar-refractivity contribution in [3.05, 3.63) is 40.0 Å². The Kier molecular flexibility index (Phi) is 4.21. The van der Waals surface area contributed by atoms with Crippen LogP contribution in [0.25, 0.3) is 0 Å². The van der Waals surface area contributed by atoms with E-state index >= 15 is 0 Å². The van der Waals surface area contributed by atoms with E-state index in [1.807, 2.05) is 24.6 Å². The first-order chi connectivity index (χ1) is 8.99. The molecule has 0 spiro atoms. The molecule has 100 valence electrons. The summed E-state index contributed by atoms with van der Waals surface area (Å²) in [6.07, 6.45) is 4.79. The maximum atomic E-state index is 12.2. The highest BCUT2D eigenvalue weighted by Gasteiger charge is 2.16. The normalized spacial score (nSPS) is 10.8. The summed E-state index contributed by atoms with van der Waals surface area (Å²) in [6, 6.07) is 1.92. The summed E-state index contributed by atoms with van der Waals surface area (Å²) in [5, 5.41) is 2.81. The average Bonchev–Trinajstić information content (AvgIpc) is 2.74. The van der Waals surface area contributed by atoms with Gasteiger partial charge in [0.25, 0.3) is 5.91 Å². The highest BCUT2D eigenvalue weighted by atomic mass is 79.9. The summed E-state index contributed by atoms with van der Waals surface area (Å²) in [6.45, 7) is 4.00. The lowest BCUT2D eigenvalue weighted by molar-refractivity contribution is 0.101. The fraction of sp³-hybridized carbons (Fsp3) is 0.250. The minimum absolute atomic E-state index is 0.164. The van der Waals surface area contributed by atoms with Crippen LogP contribution >= 0.6 is 27.5 Å². The summed E-state index contributed by atoms with van der Waals surface area (Å²) in [4.78, 5) is 20.1. The van der Waals surface area contributed by atoms with E-state index < -0.39 is 0 Å². The van der Waals surface area contributed by atoms with Gasteiger partial charge < -0.3 is 9.88 Å². The Labute approximate surface area is 124 Å². The zero-order valence-corrected chi connectivity index (χ0v) is 12.7. The number of aromatic nitrogens is 3. The SMILES string of the molecule is CC(C)n1cc(Br)cc1C(=O)Nc1nccnc1Cl. The molecule has 1 N–H and O–H groups in total. The molecule has 2 aromatic heterocycles. The number of rotatable bonds is 3. The highest BCUT2D eigenvalue weighted by molar-refractivity contribution is 9.10. The summed E-state index contributed by atoms with van der Waals surface area (Å²) >= 11 is 9.22. The maximum Gasteiger partial charge on any atom is 0.273 e. The van der Waals surface area contributed by atoms with Crippen LogP contribution in [0, 0.1) is 0 Å². The number of amides is 1. The van der Waals surface area contributed by atoms with Crippen molar-refractivity contribution in [2.24, 2.45) is 0 Å². The van der Waals surface area contributed by atoms with Gasteiger partial charge in [0.05, 0.1) is 0 Å². The first kappa shape index (κ1) is 14.0. The van der Waals surface area contributed by atoms with Crippen LogP contribution in [0.5, 0.6) is 0 Å². The standard InChI is InChI=1S/C12H12BrClN4O/c1-7(2)18-6-8(13)5-9(18)12(19)17-11-10(14)15-3-4-16-11/h3-7H,1-2H3,(H,16,17,19). The molecule has 0 aliphatic carbocycles. The van der Waals surface area contributed by atoms with Crippen molar-refractivity contribution in [1.29, 1.82) is 0 Å². The van der Waals surface area contributed by atoms with E-state index in [1.165, 1.54) is 12.4 Å². The summed E-state index contributed by atoms with van der Waals surface area (Å²) in [5.74, 6) is -0.0244. The Balaban J connectivity index is 2.28. The van der Waals surface area contributed by atoms with E-state index in [2.05, 4.69) is 31.2 Å². The number of nitrogens with zero attached hydrogens (tertiary/aromatic N) is 3. The second-order valence-electron chi connectivity index (χ2n) is 4.19. The van der Waals surface area contributed by atoms with Crippen molar-refractivity contribution in [2.75, 3.05) is 5.32 Å². The molecule has 0 bridgehead atoms. The van der Waals surface area contributed by atoms with Crippen LogP contribution in [0.2, 0.25) is 5.15 Å². The molecule has 0 radical (unpaired) electrons. The van der Waals surface area contributed by atoms with Gasteiger partial charge in [-0.25, -0.2) is 9.97 Å². The second kappa shape index (κ2) is 5.71. The van der Waals surface area contributed by atoms with Gasteiger partial charge in [-0.3, -0.25) is 4.79 Å². The van der Waals surface area contributed by atoms with Gasteiger partial charge in [-0.2, -0.15) is 0 Å². The third kappa shape index (κ3) is 3.13. The summed E-state index contributed by atoms with van der Waals surface area (Å²) in [7, 11) is 0. The van der Waals surface area contributed by atoms with E-state index in [0.717, 1.165) is 4.47 Å². The number of carbonyl (C=O) groups is 1. The molecule has 0 saturated heterocycles. The van der Waals surface area contributed by atoms with Crippen LogP contribution in [0.15, 0.2) is 29.1 Å². The van der Waals surface area contributed by atoms with Gasteiger partial charge in [-0.15, -0.1) is 0 Å². The molecule has 7 heteroatoms. The minimum atomic E-state index is -0.276. The average molecular weight is 344 g/mol. The first-order valence-corrected chi connectivity index (χ1v) is 6.81. The van der Waals surface area contributed by atoms with E-state index in [-0.39, 0.29) is 22.9 Å². The van der Waals surface area contributed by atoms with Gasteiger partial charge in [0.2, 0.25) is 0 Å². The molecule has 0 saturated carbocycles.